The number of hydrogen-bond donors (Lipinski definition) is 3. The van der Waals surface area contributed by atoms with Crippen molar-refractivity contribution < 1.29 is 87.8 Å². The second kappa shape index (κ2) is 13.0. The first-order valence-corrected chi connectivity index (χ1v) is 9.73. The van der Waals surface area contributed by atoms with Crippen molar-refractivity contribution in [2.75, 3.05) is 0 Å². The zero-order chi connectivity index (χ0) is 15.9. The van der Waals surface area contributed by atoms with E-state index in [9.17, 15) is 18.9 Å². The van der Waals surface area contributed by atoms with Crippen molar-refractivity contribution in [3.05, 3.63) is 35.4 Å². The summed E-state index contributed by atoms with van der Waals surface area (Å²) >= 11 is 0. The summed E-state index contributed by atoms with van der Waals surface area (Å²) in [5.74, 6) is 0. The van der Waals surface area contributed by atoms with E-state index < -0.39 is 32.6 Å². The number of nitrogens with two attached hydrogens (primary N) is 1. The van der Waals surface area contributed by atoms with Gasteiger partial charge in [0.1, 0.15) is 15.2 Å². The van der Waals surface area contributed by atoms with Gasteiger partial charge in [0, 0.05) is 64.7 Å². The SMILES string of the molecule is NC1(CC(P(=O)([O-])O)P(=O)([O-])O)CCc2ccccc2C1.[Na+].[Na+].[Na].[Na]. The quantitative estimate of drug-likeness (QED) is 0.321. The third kappa shape index (κ3) is 9.89. The molecule has 13 heteroatoms. The maximum Gasteiger partial charge on any atom is 1.00 e. The molecule has 0 saturated heterocycles. The van der Waals surface area contributed by atoms with Crippen LogP contribution in [0.2, 0.25) is 0 Å². The molecule has 7 nitrogen and oxygen atoms in total. The number of fused-ring (bicyclic) bond motifs is 1. The van der Waals surface area contributed by atoms with Crippen molar-refractivity contribution in [1.29, 1.82) is 0 Å². The van der Waals surface area contributed by atoms with Gasteiger partial charge in [-0.15, -0.1) is 0 Å². The molecule has 3 unspecified atom stereocenters. The minimum absolute atomic E-state index is 0. The summed E-state index contributed by atoms with van der Waals surface area (Å²) in [5.41, 5.74) is 7.02. The molecule has 2 rings (SSSR count). The Kier molecular flexibility index (Phi) is 17.2. The van der Waals surface area contributed by atoms with E-state index in [-0.39, 0.29) is 118 Å². The van der Waals surface area contributed by atoms with Crippen LogP contribution in [-0.4, -0.2) is 79.8 Å². The molecule has 1 aromatic rings. The molecule has 0 saturated carbocycles. The van der Waals surface area contributed by atoms with E-state index in [1.807, 2.05) is 24.3 Å². The summed E-state index contributed by atoms with van der Waals surface area (Å²) in [5, 5.41) is -2.26. The van der Waals surface area contributed by atoms with E-state index in [1.54, 1.807) is 0 Å². The Hall–Kier alpha value is 3.48. The number of aryl methyl sites for hydroxylation is 1. The number of benzene rings is 1. The largest absolute Gasteiger partial charge is 1.00 e. The molecule has 0 aliphatic heterocycles. The van der Waals surface area contributed by atoms with Crippen molar-refractivity contribution >= 4 is 74.3 Å². The molecule has 4 N–H and O–H groups in total. The molecule has 1 aliphatic carbocycles. The van der Waals surface area contributed by atoms with Gasteiger partial charge >= 0.3 is 59.1 Å². The zero-order valence-corrected chi connectivity index (χ0v) is 25.0. The zero-order valence-electron chi connectivity index (χ0n) is 15.2. The van der Waals surface area contributed by atoms with E-state index in [0.717, 1.165) is 11.1 Å². The van der Waals surface area contributed by atoms with E-state index in [1.165, 1.54) is 0 Å². The molecule has 0 amide bonds. The van der Waals surface area contributed by atoms with Gasteiger partial charge in [0.05, 0.1) is 5.40 Å². The van der Waals surface area contributed by atoms with Crippen molar-refractivity contribution in [1.82, 2.24) is 0 Å². The first-order valence-electron chi connectivity index (χ1n) is 6.44. The first-order chi connectivity index (χ1) is 9.51. The van der Waals surface area contributed by atoms with E-state index in [4.69, 9.17) is 15.5 Å². The summed E-state index contributed by atoms with van der Waals surface area (Å²) in [6, 6.07) is 7.47. The summed E-state index contributed by atoms with van der Waals surface area (Å²) < 4.78 is 22.5. The standard InChI is InChI=1S/C12H19NO6P2.4Na/c13-12(8-11(20(14,15)16)21(17,18)19)6-5-9-3-1-2-4-10(9)7-12;;;;/h1-4,11H,5-8,13H2,(H2,14,15,16)(H2,17,18,19);;;;/q;;;2*+1/p-2. The summed E-state index contributed by atoms with van der Waals surface area (Å²) in [4.78, 5) is 40.6. The molecule has 0 aromatic heterocycles. The molecular weight excluding hydrogens is 408 g/mol. The average Bonchev–Trinajstić information content (AvgIpc) is 2.33. The second-order valence-corrected chi connectivity index (χ2v) is 9.53. The molecule has 1 aliphatic rings. The van der Waals surface area contributed by atoms with Crippen LogP contribution < -0.4 is 74.6 Å². The van der Waals surface area contributed by atoms with E-state index in [2.05, 4.69) is 0 Å². The van der Waals surface area contributed by atoms with Gasteiger partial charge in [0.25, 0.3) is 0 Å². The van der Waals surface area contributed by atoms with Crippen molar-refractivity contribution in [3.8, 4) is 0 Å². The van der Waals surface area contributed by atoms with Crippen LogP contribution in [0.3, 0.4) is 0 Å². The van der Waals surface area contributed by atoms with Crippen LogP contribution in [0.5, 0.6) is 0 Å². The predicted octanol–water partition coefficient (Wildman–Crippen LogP) is -7.07. The molecule has 120 valence electrons. The maximum atomic E-state index is 11.2. The van der Waals surface area contributed by atoms with Crippen molar-refractivity contribution in [2.45, 2.75) is 36.6 Å². The summed E-state index contributed by atoms with van der Waals surface area (Å²) in [7, 11) is -10.5. The predicted molar refractivity (Wildman–Crippen MR) is 84.9 cm³/mol. The second-order valence-electron chi connectivity index (χ2n) is 5.62. The van der Waals surface area contributed by atoms with Crippen LogP contribution in [0, 0.1) is 0 Å². The average molecular weight is 425 g/mol. The third-order valence-corrected chi connectivity index (χ3v) is 7.52. The molecular formula is C12H17NNa4O6P2. The van der Waals surface area contributed by atoms with Crippen LogP contribution in [0.4, 0.5) is 0 Å². The van der Waals surface area contributed by atoms with Crippen LogP contribution >= 0.6 is 15.2 Å². The summed E-state index contributed by atoms with van der Waals surface area (Å²) in [6.45, 7) is 0. The number of hydrogen-bond acceptors (Lipinski definition) is 5. The molecule has 0 bridgehead atoms. The van der Waals surface area contributed by atoms with Crippen LogP contribution in [0.25, 0.3) is 0 Å². The fraction of sp³-hybridized carbons (Fsp3) is 0.500. The minimum Gasteiger partial charge on any atom is -0.778 e. The molecule has 3 atom stereocenters. The maximum absolute atomic E-state index is 11.2. The molecule has 0 fully saturated rings. The monoisotopic (exact) mass is 425 g/mol. The molecule has 1 aromatic carbocycles. The van der Waals surface area contributed by atoms with Gasteiger partial charge in [-0.25, -0.2) is 0 Å². The number of rotatable bonds is 4. The van der Waals surface area contributed by atoms with Crippen LogP contribution in [0.15, 0.2) is 24.3 Å². The van der Waals surface area contributed by atoms with Gasteiger partial charge in [-0.05, 0) is 36.8 Å². The van der Waals surface area contributed by atoms with Gasteiger partial charge in [-0.2, -0.15) is 0 Å². The Labute approximate surface area is 236 Å². The van der Waals surface area contributed by atoms with Gasteiger partial charge in [0.15, 0.2) is 0 Å². The molecule has 25 heavy (non-hydrogen) atoms. The topological polar surface area (TPSA) is 147 Å². The normalized spacial score (nSPS) is 24.4. The summed E-state index contributed by atoms with van der Waals surface area (Å²) in [6.07, 6.45) is 0.721. The van der Waals surface area contributed by atoms with Gasteiger partial charge in [0.2, 0.25) is 0 Å². The van der Waals surface area contributed by atoms with Crippen molar-refractivity contribution in [3.63, 3.8) is 0 Å². The Morgan fingerprint density at radius 2 is 1.52 bits per heavy atom. The van der Waals surface area contributed by atoms with Crippen LogP contribution in [0.1, 0.15) is 24.0 Å². The van der Waals surface area contributed by atoms with Crippen molar-refractivity contribution in [2.24, 2.45) is 5.73 Å². The smallest absolute Gasteiger partial charge is 0.778 e. The third-order valence-electron chi connectivity index (χ3n) is 3.90. The first kappa shape index (κ1) is 33.1. The Bertz CT molecular complexity index is 618. The van der Waals surface area contributed by atoms with E-state index in [0.29, 0.717) is 19.3 Å². The Morgan fingerprint density at radius 3 is 1.96 bits per heavy atom. The molecule has 0 spiro atoms. The fourth-order valence-electron chi connectivity index (χ4n) is 2.78. The fourth-order valence-corrected chi connectivity index (χ4v) is 5.44. The minimum atomic E-state index is -5.25. The Balaban J connectivity index is -0.00000121. The van der Waals surface area contributed by atoms with Gasteiger partial charge in [-0.3, -0.25) is 0 Å². The van der Waals surface area contributed by atoms with Crippen LogP contribution in [-0.2, 0) is 22.0 Å². The molecule has 2 radical (unpaired) electrons. The Morgan fingerprint density at radius 1 is 1.08 bits per heavy atom. The van der Waals surface area contributed by atoms with Gasteiger partial charge < -0.3 is 34.4 Å². The van der Waals surface area contributed by atoms with Gasteiger partial charge in [-0.1, -0.05) is 24.3 Å². The molecule has 0 heterocycles. The van der Waals surface area contributed by atoms with E-state index >= 15 is 0 Å².